The molecule has 0 bridgehead atoms. The molecule has 2 aromatic carbocycles. The molecule has 0 radical (unpaired) electrons. The maximum atomic E-state index is 12.4. The molecule has 0 aliphatic carbocycles. The number of carbonyl (C=O) groups is 1. The van der Waals surface area contributed by atoms with Crippen molar-refractivity contribution in [3.05, 3.63) is 42.0 Å². The van der Waals surface area contributed by atoms with Gasteiger partial charge in [0, 0.05) is 5.56 Å². The van der Waals surface area contributed by atoms with Gasteiger partial charge in [-0.15, -0.1) is 0 Å². The number of fused-ring (bicyclic) bond motifs is 3. The monoisotopic (exact) mass is 299 g/mol. The summed E-state index contributed by atoms with van der Waals surface area (Å²) >= 11 is 0. The minimum absolute atomic E-state index is 0.295. The minimum atomic E-state index is -0.494. The Morgan fingerprint density at radius 3 is 2.73 bits per heavy atom. The number of amides is 1. The fourth-order valence-electron chi connectivity index (χ4n) is 2.63. The van der Waals surface area contributed by atoms with Crippen molar-refractivity contribution in [1.29, 1.82) is 0 Å². The van der Waals surface area contributed by atoms with Crippen LogP contribution >= 0.6 is 0 Å². The molecule has 0 saturated carbocycles. The number of benzene rings is 2. The second kappa shape index (κ2) is 5.52. The van der Waals surface area contributed by atoms with Crippen molar-refractivity contribution in [2.24, 2.45) is 0 Å². The van der Waals surface area contributed by atoms with E-state index in [1.54, 1.807) is 4.90 Å². The van der Waals surface area contributed by atoms with Crippen molar-refractivity contribution >= 4 is 16.9 Å². The highest BCUT2D eigenvalue weighted by molar-refractivity contribution is 5.88. The van der Waals surface area contributed by atoms with E-state index in [-0.39, 0.29) is 6.09 Å². The lowest BCUT2D eigenvalue weighted by molar-refractivity contribution is 0.0226. The third kappa shape index (κ3) is 3.01. The van der Waals surface area contributed by atoms with Gasteiger partial charge in [0.1, 0.15) is 18.0 Å². The van der Waals surface area contributed by atoms with E-state index in [2.05, 4.69) is 18.2 Å². The van der Waals surface area contributed by atoms with Gasteiger partial charge in [0.15, 0.2) is 0 Å². The fraction of sp³-hybridized carbons (Fsp3) is 0.389. The lowest BCUT2D eigenvalue weighted by Gasteiger charge is -2.26. The number of ether oxygens (including phenoxy) is 2. The lowest BCUT2D eigenvalue weighted by atomic mass is 10.0. The molecule has 1 aliphatic rings. The SMILES string of the molecule is CC(C)(C)OC(=O)N1CCOc2ccc3ccccc3c2C1. The first-order valence-electron chi connectivity index (χ1n) is 7.55. The van der Waals surface area contributed by atoms with Crippen LogP contribution in [0.3, 0.4) is 0 Å². The van der Waals surface area contributed by atoms with E-state index in [0.29, 0.717) is 19.7 Å². The summed E-state index contributed by atoms with van der Waals surface area (Å²) in [6.07, 6.45) is -0.295. The predicted molar refractivity (Wildman–Crippen MR) is 86.1 cm³/mol. The third-order valence-electron chi connectivity index (χ3n) is 3.62. The second-order valence-corrected chi connectivity index (χ2v) is 6.51. The Morgan fingerprint density at radius 1 is 1.18 bits per heavy atom. The minimum Gasteiger partial charge on any atom is -0.491 e. The van der Waals surface area contributed by atoms with E-state index in [0.717, 1.165) is 22.1 Å². The van der Waals surface area contributed by atoms with Crippen LogP contribution in [0.4, 0.5) is 4.79 Å². The van der Waals surface area contributed by atoms with Gasteiger partial charge in [0.05, 0.1) is 13.1 Å². The fourth-order valence-corrected chi connectivity index (χ4v) is 2.63. The van der Waals surface area contributed by atoms with Gasteiger partial charge < -0.3 is 14.4 Å². The van der Waals surface area contributed by atoms with E-state index in [9.17, 15) is 4.79 Å². The van der Waals surface area contributed by atoms with Crippen molar-refractivity contribution in [2.45, 2.75) is 32.9 Å². The molecular formula is C18H21NO3. The Bertz CT molecular complexity index is 703. The van der Waals surface area contributed by atoms with E-state index in [4.69, 9.17) is 9.47 Å². The van der Waals surface area contributed by atoms with Crippen LogP contribution in [0.1, 0.15) is 26.3 Å². The average molecular weight is 299 g/mol. The maximum Gasteiger partial charge on any atom is 0.410 e. The number of rotatable bonds is 0. The zero-order valence-corrected chi connectivity index (χ0v) is 13.3. The van der Waals surface area contributed by atoms with Crippen molar-refractivity contribution < 1.29 is 14.3 Å². The molecule has 2 aromatic rings. The standard InChI is InChI=1S/C18H21NO3/c1-18(2,3)22-17(20)19-10-11-21-16-9-8-13-6-4-5-7-14(13)15(16)12-19/h4-9H,10-12H2,1-3H3. The van der Waals surface area contributed by atoms with Crippen LogP contribution in [-0.4, -0.2) is 29.7 Å². The Labute approximate surface area is 130 Å². The highest BCUT2D eigenvalue weighted by atomic mass is 16.6. The van der Waals surface area contributed by atoms with E-state index in [1.807, 2.05) is 39.0 Å². The molecule has 0 spiro atoms. The van der Waals surface area contributed by atoms with Gasteiger partial charge >= 0.3 is 6.09 Å². The Kier molecular flexibility index (Phi) is 3.69. The normalized spacial score (nSPS) is 15.0. The smallest absolute Gasteiger partial charge is 0.410 e. The quantitative estimate of drug-likeness (QED) is 0.739. The van der Waals surface area contributed by atoms with Gasteiger partial charge in [-0.25, -0.2) is 4.79 Å². The molecule has 4 nitrogen and oxygen atoms in total. The van der Waals surface area contributed by atoms with Gasteiger partial charge in [-0.3, -0.25) is 0 Å². The molecule has 1 heterocycles. The van der Waals surface area contributed by atoms with E-state index >= 15 is 0 Å². The molecule has 0 atom stereocenters. The molecule has 0 N–H and O–H groups in total. The van der Waals surface area contributed by atoms with Gasteiger partial charge in [-0.1, -0.05) is 30.3 Å². The molecule has 116 valence electrons. The summed E-state index contributed by atoms with van der Waals surface area (Å²) in [6, 6.07) is 12.2. The van der Waals surface area contributed by atoms with Crippen molar-refractivity contribution in [1.82, 2.24) is 4.90 Å². The molecule has 0 saturated heterocycles. The zero-order valence-electron chi connectivity index (χ0n) is 13.3. The molecule has 0 aromatic heterocycles. The van der Waals surface area contributed by atoms with E-state index < -0.39 is 5.60 Å². The summed E-state index contributed by atoms with van der Waals surface area (Å²) in [5.41, 5.74) is 0.549. The van der Waals surface area contributed by atoms with Crippen molar-refractivity contribution in [3.8, 4) is 5.75 Å². The highest BCUT2D eigenvalue weighted by Gasteiger charge is 2.25. The van der Waals surface area contributed by atoms with Gasteiger partial charge in [-0.05, 0) is 37.6 Å². The molecule has 0 fully saturated rings. The molecular weight excluding hydrogens is 278 g/mol. The number of hydrogen-bond acceptors (Lipinski definition) is 3. The molecule has 22 heavy (non-hydrogen) atoms. The van der Waals surface area contributed by atoms with E-state index in [1.165, 1.54) is 0 Å². The second-order valence-electron chi connectivity index (χ2n) is 6.51. The molecule has 3 rings (SSSR count). The highest BCUT2D eigenvalue weighted by Crippen LogP contribution is 2.31. The molecule has 1 aliphatic heterocycles. The first kappa shape index (κ1) is 14.7. The van der Waals surface area contributed by atoms with Crippen molar-refractivity contribution in [2.75, 3.05) is 13.2 Å². The maximum absolute atomic E-state index is 12.4. The first-order valence-corrected chi connectivity index (χ1v) is 7.55. The molecule has 1 amide bonds. The first-order chi connectivity index (χ1) is 10.4. The van der Waals surface area contributed by atoms with Crippen LogP contribution in [-0.2, 0) is 11.3 Å². The average Bonchev–Trinajstić information content (AvgIpc) is 2.68. The molecule has 4 heteroatoms. The Morgan fingerprint density at radius 2 is 1.95 bits per heavy atom. The summed E-state index contributed by atoms with van der Waals surface area (Å²) < 4.78 is 11.3. The van der Waals surface area contributed by atoms with Crippen LogP contribution in [0.25, 0.3) is 10.8 Å². The summed E-state index contributed by atoms with van der Waals surface area (Å²) in [5, 5.41) is 2.27. The van der Waals surface area contributed by atoms with Gasteiger partial charge in [0.25, 0.3) is 0 Å². The Balaban J connectivity index is 1.94. The Hall–Kier alpha value is -2.23. The third-order valence-corrected chi connectivity index (χ3v) is 3.62. The summed E-state index contributed by atoms with van der Waals surface area (Å²) in [4.78, 5) is 14.1. The van der Waals surface area contributed by atoms with Gasteiger partial charge in [0.2, 0.25) is 0 Å². The predicted octanol–water partition coefficient (Wildman–Crippen LogP) is 3.97. The van der Waals surface area contributed by atoms with Crippen molar-refractivity contribution in [3.63, 3.8) is 0 Å². The number of carbonyl (C=O) groups excluding carboxylic acids is 1. The topological polar surface area (TPSA) is 38.8 Å². The lowest BCUT2D eigenvalue weighted by Crippen LogP contribution is -2.37. The van der Waals surface area contributed by atoms with Crippen LogP contribution in [0.5, 0.6) is 5.75 Å². The number of nitrogens with zero attached hydrogens (tertiary/aromatic N) is 1. The summed E-state index contributed by atoms with van der Waals surface area (Å²) in [5.74, 6) is 0.852. The van der Waals surface area contributed by atoms with Gasteiger partial charge in [-0.2, -0.15) is 0 Å². The molecule has 0 unspecified atom stereocenters. The summed E-state index contributed by atoms with van der Waals surface area (Å²) in [7, 11) is 0. The van der Waals surface area contributed by atoms with Crippen LogP contribution in [0.2, 0.25) is 0 Å². The summed E-state index contributed by atoms with van der Waals surface area (Å²) in [6.45, 7) is 7.14. The van der Waals surface area contributed by atoms with Crippen LogP contribution < -0.4 is 4.74 Å². The largest absolute Gasteiger partial charge is 0.491 e. The van der Waals surface area contributed by atoms with Crippen LogP contribution in [0, 0.1) is 0 Å². The zero-order chi connectivity index (χ0) is 15.7. The number of hydrogen-bond donors (Lipinski definition) is 0. The van der Waals surface area contributed by atoms with Crippen LogP contribution in [0.15, 0.2) is 36.4 Å².